The molecule has 2 N–H and O–H groups in total. The average Bonchev–Trinajstić information content (AvgIpc) is 2.68. The van der Waals surface area contributed by atoms with Gasteiger partial charge in [0.1, 0.15) is 0 Å². The van der Waals surface area contributed by atoms with E-state index < -0.39 is 5.79 Å². The van der Waals surface area contributed by atoms with Crippen LogP contribution >= 0.6 is 0 Å². The molecule has 2 rings (SSSR count). The Bertz CT molecular complexity index is 252. The summed E-state index contributed by atoms with van der Waals surface area (Å²) in [5, 5.41) is 7.16. The summed E-state index contributed by atoms with van der Waals surface area (Å²) in [7, 11) is 0. The molecular weight excluding hydrogens is 228 g/mol. The summed E-state index contributed by atoms with van der Waals surface area (Å²) in [6.07, 6.45) is 5.43. The quantitative estimate of drug-likeness (QED) is 0.785. The van der Waals surface area contributed by atoms with Crippen molar-refractivity contribution in [1.82, 2.24) is 10.6 Å². The van der Waals surface area contributed by atoms with Gasteiger partial charge in [0.15, 0.2) is 5.79 Å². The third-order valence-electron chi connectivity index (χ3n) is 3.81. The van der Waals surface area contributed by atoms with Crippen LogP contribution in [-0.2, 0) is 9.47 Å². The third-order valence-corrected chi connectivity index (χ3v) is 3.81. The van der Waals surface area contributed by atoms with Crippen molar-refractivity contribution in [3.8, 4) is 0 Å². The Morgan fingerprint density at radius 1 is 1.39 bits per heavy atom. The molecule has 2 aliphatic heterocycles. The van der Waals surface area contributed by atoms with Gasteiger partial charge in [-0.15, -0.1) is 0 Å². The van der Waals surface area contributed by atoms with E-state index in [1.54, 1.807) is 0 Å². The predicted molar refractivity (Wildman–Crippen MR) is 72.6 cm³/mol. The molecule has 0 aliphatic carbocycles. The van der Waals surface area contributed by atoms with Gasteiger partial charge in [-0.1, -0.05) is 6.42 Å². The van der Waals surface area contributed by atoms with Crippen molar-refractivity contribution in [2.24, 2.45) is 0 Å². The Balaban J connectivity index is 1.61. The van der Waals surface area contributed by atoms with E-state index in [1.807, 2.05) is 13.8 Å². The van der Waals surface area contributed by atoms with Crippen molar-refractivity contribution in [3.63, 3.8) is 0 Å². The lowest BCUT2D eigenvalue weighted by Gasteiger charge is -2.27. The summed E-state index contributed by atoms with van der Waals surface area (Å²) in [6, 6.07) is 1.23. The molecule has 0 radical (unpaired) electrons. The summed E-state index contributed by atoms with van der Waals surface area (Å²) in [6.45, 7) is 8.98. The lowest BCUT2D eigenvalue weighted by Crippen LogP contribution is -2.42. The first-order chi connectivity index (χ1) is 8.55. The summed E-state index contributed by atoms with van der Waals surface area (Å²) >= 11 is 0. The SMILES string of the molecule is CC(CC1CCCCN1)NCC1COC(C)(C)O1. The second-order valence-corrected chi connectivity index (χ2v) is 6.14. The highest BCUT2D eigenvalue weighted by atomic mass is 16.7. The maximum absolute atomic E-state index is 5.79. The van der Waals surface area contributed by atoms with Crippen LogP contribution < -0.4 is 10.6 Å². The van der Waals surface area contributed by atoms with E-state index in [0.29, 0.717) is 18.7 Å². The molecule has 4 heteroatoms. The molecule has 106 valence electrons. The van der Waals surface area contributed by atoms with Gasteiger partial charge in [-0.3, -0.25) is 0 Å². The molecule has 0 bridgehead atoms. The lowest BCUT2D eigenvalue weighted by atomic mass is 9.99. The molecule has 2 saturated heterocycles. The maximum Gasteiger partial charge on any atom is 0.163 e. The van der Waals surface area contributed by atoms with Gasteiger partial charge in [-0.05, 0) is 46.6 Å². The zero-order valence-electron chi connectivity index (χ0n) is 12.0. The summed E-state index contributed by atoms with van der Waals surface area (Å²) < 4.78 is 11.3. The van der Waals surface area contributed by atoms with Crippen LogP contribution in [0.1, 0.15) is 46.5 Å². The monoisotopic (exact) mass is 256 g/mol. The molecule has 2 heterocycles. The highest BCUT2D eigenvalue weighted by Gasteiger charge is 2.32. The molecular formula is C14H28N2O2. The number of hydrogen-bond donors (Lipinski definition) is 2. The Morgan fingerprint density at radius 2 is 2.22 bits per heavy atom. The van der Waals surface area contributed by atoms with Crippen LogP contribution in [0.15, 0.2) is 0 Å². The molecule has 0 spiro atoms. The second kappa shape index (κ2) is 6.33. The van der Waals surface area contributed by atoms with E-state index >= 15 is 0 Å². The van der Waals surface area contributed by atoms with Crippen LogP contribution in [0.3, 0.4) is 0 Å². The van der Waals surface area contributed by atoms with Gasteiger partial charge in [0.2, 0.25) is 0 Å². The first kappa shape index (κ1) is 14.3. The molecule has 0 aromatic rings. The van der Waals surface area contributed by atoms with Gasteiger partial charge in [-0.25, -0.2) is 0 Å². The number of rotatable bonds is 5. The van der Waals surface area contributed by atoms with E-state index in [0.717, 1.165) is 6.54 Å². The van der Waals surface area contributed by atoms with E-state index in [2.05, 4.69) is 17.6 Å². The highest BCUT2D eigenvalue weighted by Crippen LogP contribution is 2.21. The minimum absolute atomic E-state index is 0.196. The molecule has 3 atom stereocenters. The summed E-state index contributed by atoms with van der Waals surface area (Å²) in [4.78, 5) is 0. The van der Waals surface area contributed by atoms with Crippen molar-refractivity contribution >= 4 is 0 Å². The zero-order valence-corrected chi connectivity index (χ0v) is 12.0. The topological polar surface area (TPSA) is 42.5 Å². The van der Waals surface area contributed by atoms with Crippen molar-refractivity contribution in [2.45, 2.75) is 70.4 Å². The lowest BCUT2D eigenvalue weighted by molar-refractivity contribution is -0.137. The smallest absolute Gasteiger partial charge is 0.163 e. The fourth-order valence-corrected chi connectivity index (χ4v) is 2.83. The van der Waals surface area contributed by atoms with Crippen molar-refractivity contribution in [3.05, 3.63) is 0 Å². The maximum atomic E-state index is 5.79. The van der Waals surface area contributed by atoms with Gasteiger partial charge in [0, 0.05) is 18.6 Å². The van der Waals surface area contributed by atoms with Gasteiger partial charge in [0.05, 0.1) is 12.7 Å². The van der Waals surface area contributed by atoms with Crippen LogP contribution in [0.5, 0.6) is 0 Å². The minimum atomic E-state index is -0.402. The van der Waals surface area contributed by atoms with Crippen molar-refractivity contribution < 1.29 is 9.47 Å². The average molecular weight is 256 g/mol. The van der Waals surface area contributed by atoms with Crippen LogP contribution in [0, 0.1) is 0 Å². The molecule has 2 fully saturated rings. The van der Waals surface area contributed by atoms with Gasteiger partial charge >= 0.3 is 0 Å². The number of ether oxygens (including phenoxy) is 2. The fourth-order valence-electron chi connectivity index (χ4n) is 2.83. The molecule has 0 aromatic heterocycles. The van der Waals surface area contributed by atoms with Crippen molar-refractivity contribution in [1.29, 1.82) is 0 Å². The molecule has 0 amide bonds. The molecule has 18 heavy (non-hydrogen) atoms. The molecule has 0 saturated carbocycles. The normalized spacial score (nSPS) is 33.5. The fraction of sp³-hybridized carbons (Fsp3) is 1.00. The number of hydrogen-bond acceptors (Lipinski definition) is 4. The first-order valence-corrected chi connectivity index (χ1v) is 7.34. The molecule has 3 unspecified atom stereocenters. The van der Waals surface area contributed by atoms with E-state index in [9.17, 15) is 0 Å². The second-order valence-electron chi connectivity index (χ2n) is 6.14. The molecule has 4 nitrogen and oxygen atoms in total. The van der Waals surface area contributed by atoms with Crippen molar-refractivity contribution in [2.75, 3.05) is 19.7 Å². The minimum Gasteiger partial charge on any atom is -0.348 e. The highest BCUT2D eigenvalue weighted by molar-refractivity contribution is 4.79. The van der Waals surface area contributed by atoms with E-state index in [1.165, 1.54) is 32.2 Å². The predicted octanol–water partition coefficient (Wildman–Crippen LogP) is 1.65. The largest absolute Gasteiger partial charge is 0.348 e. The van der Waals surface area contributed by atoms with Crippen LogP contribution in [0.4, 0.5) is 0 Å². The standard InChI is InChI=1S/C14H28N2O2/c1-11(8-12-6-4-5-7-15-12)16-9-13-10-17-14(2,3)18-13/h11-13,15-16H,4-10H2,1-3H3. The van der Waals surface area contributed by atoms with Gasteiger partial charge in [0.25, 0.3) is 0 Å². The van der Waals surface area contributed by atoms with Crippen LogP contribution in [0.25, 0.3) is 0 Å². The van der Waals surface area contributed by atoms with E-state index in [-0.39, 0.29) is 6.10 Å². The van der Waals surface area contributed by atoms with Gasteiger partial charge < -0.3 is 20.1 Å². The number of piperidine rings is 1. The number of nitrogens with one attached hydrogen (secondary N) is 2. The summed E-state index contributed by atoms with van der Waals surface area (Å²) in [5.74, 6) is -0.402. The Kier molecular flexibility index (Phi) is 5.01. The first-order valence-electron chi connectivity index (χ1n) is 7.34. The van der Waals surface area contributed by atoms with Crippen LogP contribution in [0.2, 0.25) is 0 Å². The summed E-state index contributed by atoms with van der Waals surface area (Å²) in [5.41, 5.74) is 0. The molecule has 2 aliphatic rings. The zero-order chi connectivity index (χ0) is 13.0. The Morgan fingerprint density at radius 3 is 2.83 bits per heavy atom. The van der Waals surface area contributed by atoms with E-state index in [4.69, 9.17) is 9.47 Å². The third kappa shape index (κ3) is 4.50. The Hall–Kier alpha value is -0.160. The molecule has 0 aromatic carbocycles. The van der Waals surface area contributed by atoms with Crippen LogP contribution in [-0.4, -0.2) is 43.7 Å². The Labute approximate surface area is 111 Å². The van der Waals surface area contributed by atoms with Gasteiger partial charge in [-0.2, -0.15) is 0 Å².